The minimum atomic E-state index is -0.503. The number of nitro benzene ring substituents is 1. The topological polar surface area (TPSA) is 87.2 Å². The lowest BCUT2D eigenvalue weighted by Gasteiger charge is -2.30. The van der Waals surface area contributed by atoms with Crippen LogP contribution in [0.4, 0.5) is 5.69 Å². The molecule has 1 aliphatic rings. The molecule has 1 fully saturated rings. The highest BCUT2D eigenvalue weighted by molar-refractivity contribution is 6.01. The van der Waals surface area contributed by atoms with Gasteiger partial charge in [-0.25, -0.2) is 0 Å². The van der Waals surface area contributed by atoms with Gasteiger partial charge in [-0.05, 0) is 30.4 Å². The Labute approximate surface area is 128 Å². The number of nitro groups is 1. The molecule has 0 saturated carbocycles. The third kappa shape index (κ3) is 3.70. The highest BCUT2D eigenvalue weighted by Crippen LogP contribution is 2.20. The molecule has 2 rings (SSSR count). The monoisotopic (exact) mass is 299 g/mol. The molecule has 0 radical (unpaired) electrons. The summed E-state index contributed by atoms with van der Waals surface area (Å²) in [5.41, 5.74) is 0.421. The van der Waals surface area contributed by atoms with Crippen LogP contribution in [0, 0.1) is 27.4 Å². The Kier molecular flexibility index (Phi) is 4.89. The van der Waals surface area contributed by atoms with E-state index in [-0.39, 0.29) is 17.2 Å². The highest BCUT2D eigenvalue weighted by Gasteiger charge is 2.23. The van der Waals surface area contributed by atoms with E-state index in [1.807, 2.05) is 6.07 Å². The van der Waals surface area contributed by atoms with Crippen molar-refractivity contribution in [3.63, 3.8) is 0 Å². The van der Waals surface area contributed by atoms with Gasteiger partial charge in [0.15, 0.2) is 0 Å². The number of rotatable bonds is 3. The second-order valence-electron chi connectivity index (χ2n) is 5.50. The van der Waals surface area contributed by atoms with Crippen LogP contribution in [0.5, 0.6) is 0 Å². The SMILES string of the molecule is CC1CCN(C(=O)/C(C#N)=C\c2cccc([N+](=O)[O-])c2)CC1. The smallest absolute Gasteiger partial charge is 0.270 e. The number of non-ortho nitro benzene ring substituents is 1. The Balaban J connectivity index is 2.20. The standard InChI is InChI=1S/C16H17N3O3/c1-12-5-7-18(8-6-12)16(20)14(11-17)9-13-3-2-4-15(10-13)19(21)22/h2-4,9-10,12H,5-8H2,1H3/b14-9-. The molecule has 6 heteroatoms. The van der Waals surface area contributed by atoms with Gasteiger partial charge in [-0.2, -0.15) is 5.26 Å². The first-order valence-corrected chi connectivity index (χ1v) is 7.17. The quantitative estimate of drug-likeness (QED) is 0.371. The molecule has 1 aliphatic heterocycles. The van der Waals surface area contributed by atoms with Gasteiger partial charge in [-0.1, -0.05) is 19.1 Å². The molecule has 0 bridgehead atoms. The van der Waals surface area contributed by atoms with Crippen molar-refractivity contribution in [1.82, 2.24) is 4.90 Å². The van der Waals surface area contributed by atoms with Crippen LogP contribution in [-0.4, -0.2) is 28.8 Å². The zero-order valence-corrected chi connectivity index (χ0v) is 12.4. The van der Waals surface area contributed by atoms with Crippen molar-refractivity contribution in [3.05, 3.63) is 45.5 Å². The molecule has 0 aromatic heterocycles. The number of benzene rings is 1. The van der Waals surface area contributed by atoms with Gasteiger partial charge in [0.05, 0.1) is 4.92 Å². The highest BCUT2D eigenvalue weighted by atomic mass is 16.6. The first-order chi connectivity index (χ1) is 10.5. The van der Waals surface area contributed by atoms with Crippen molar-refractivity contribution < 1.29 is 9.72 Å². The molecule has 1 aromatic carbocycles. The Morgan fingerprint density at radius 1 is 1.45 bits per heavy atom. The lowest BCUT2D eigenvalue weighted by molar-refractivity contribution is -0.384. The van der Waals surface area contributed by atoms with Crippen LogP contribution >= 0.6 is 0 Å². The number of hydrogen-bond acceptors (Lipinski definition) is 4. The first kappa shape index (κ1) is 15.7. The number of nitriles is 1. The van der Waals surface area contributed by atoms with E-state index in [0.717, 1.165) is 12.8 Å². The van der Waals surface area contributed by atoms with Gasteiger partial charge in [-0.15, -0.1) is 0 Å². The van der Waals surface area contributed by atoms with Crippen molar-refractivity contribution in [3.8, 4) is 6.07 Å². The van der Waals surface area contributed by atoms with Crippen LogP contribution < -0.4 is 0 Å². The van der Waals surface area contributed by atoms with E-state index in [9.17, 15) is 20.2 Å². The largest absolute Gasteiger partial charge is 0.338 e. The predicted molar refractivity (Wildman–Crippen MR) is 81.7 cm³/mol. The number of piperidine rings is 1. The molecule has 6 nitrogen and oxygen atoms in total. The van der Waals surface area contributed by atoms with Gasteiger partial charge in [-0.3, -0.25) is 14.9 Å². The van der Waals surface area contributed by atoms with E-state index in [1.165, 1.54) is 24.3 Å². The molecule has 22 heavy (non-hydrogen) atoms. The number of nitrogens with zero attached hydrogens (tertiary/aromatic N) is 3. The van der Waals surface area contributed by atoms with E-state index in [0.29, 0.717) is 24.6 Å². The lowest BCUT2D eigenvalue weighted by atomic mass is 9.98. The molecule has 0 spiro atoms. The van der Waals surface area contributed by atoms with Crippen LogP contribution in [0.15, 0.2) is 29.8 Å². The molecule has 1 saturated heterocycles. The number of amides is 1. The molecule has 0 aliphatic carbocycles. The van der Waals surface area contributed by atoms with E-state index in [1.54, 1.807) is 11.0 Å². The summed E-state index contributed by atoms with van der Waals surface area (Å²) in [6.07, 6.45) is 3.27. The van der Waals surface area contributed by atoms with E-state index in [4.69, 9.17) is 0 Å². The first-order valence-electron chi connectivity index (χ1n) is 7.17. The van der Waals surface area contributed by atoms with E-state index in [2.05, 4.69) is 6.92 Å². The van der Waals surface area contributed by atoms with Gasteiger partial charge >= 0.3 is 0 Å². The normalized spacial score (nSPS) is 16.2. The van der Waals surface area contributed by atoms with Crippen molar-refractivity contribution in [1.29, 1.82) is 5.26 Å². The molecule has 0 atom stereocenters. The maximum absolute atomic E-state index is 12.4. The van der Waals surface area contributed by atoms with Crippen LogP contribution in [0.1, 0.15) is 25.3 Å². The molecule has 1 aromatic rings. The predicted octanol–water partition coefficient (Wildman–Crippen LogP) is 2.76. The number of likely N-dealkylation sites (tertiary alicyclic amines) is 1. The van der Waals surface area contributed by atoms with Gasteiger partial charge in [0, 0.05) is 25.2 Å². The third-order valence-electron chi connectivity index (χ3n) is 3.81. The van der Waals surface area contributed by atoms with Gasteiger partial charge in [0.1, 0.15) is 11.6 Å². The average molecular weight is 299 g/mol. The molecule has 0 N–H and O–H groups in total. The molecule has 1 heterocycles. The minimum absolute atomic E-state index is 0.00931. The Bertz CT molecular complexity index is 653. The molecule has 114 valence electrons. The minimum Gasteiger partial charge on any atom is -0.338 e. The summed E-state index contributed by atoms with van der Waals surface area (Å²) >= 11 is 0. The van der Waals surface area contributed by atoms with Gasteiger partial charge < -0.3 is 4.90 Å². The fraction of sp³-hybridized carbons (Fsp3) is 0.375. The van der Waals surface area contributed by atoms with Crippen LogP contribution in [-0.2, 0) is 4.79 Å². The zero-order valence-electron chi connectivity index (χ0n) is 12.4. The van der Waals surface area contributed by atoms with Crippen LogP contribution in [0.2, 0.25) is 0 Å². The Hall–Kier alpha value is -2.68. The van der Waals surface area contributed by atoms with Crippen LogP contribution in [0.3, 0.4) is 0 Å². The molecular weight excluding hydrogens is 282 g/mol. The zero-order chi connectivity index (χ0) is 16.1. The summed E-state index contributed by atoms with van der Waals surface area (Å²) in [5, 5.41) is 20.0. The van der Waals surface area contributed by atoms with Crippen molar-refractivity contribution in [2.45, 2.75) is 19.8 Å². The Morgan fingerprint density at radius 3 is 2.73 bits per heavy atom. The van der Waals surface area contributed by atoms with Crippen molar-refractivity contribution in [2.24, 2.45) is 5.92 Å². The van der Waals surface area contributed by atoms with Crippen molar-refractivity contribution >= 4 is 17.7 Å². The third-order valence-corrected chi connectivity index (χ3v) is 3.81. The number of carbonyl (C=O) groups excluding carboxylic acids is 1. The van der Waals surface area contributed by atoms with Crippen molar-refractivity contribution in [2.75, 3.05) is 13.1 Å². The maximum atomic E-state index is 12.4. The van der Waals surface area contributed by atoms with Gasteiger partial charge in [0.25, 0.3) is 11.6 Å². The molecule has 1 amide bonds. The average Bonchev–Trinajstić information content (AvgIpc) is 2.53. The Morgan fingerprint density at radius 2 is 2.14 bits per heavy atom. The lowest BCUT2D eigenvalue weighted by Crippen LogP contribution is -2.38. The fourth-order valence-corrected chi connectivity index (χ4v) is 2.42. The summed E-state index contributed by atoms with van der Waals surface area (Å²) in [7, 11) is 0. The summed E-state index contributed by atoms with van der Waals surface area (Å²) in [6, 6.07) is 7.80. The summed E-state index contributed by atoms with van der Waals surface area (Å²) < 4.78 is 0. The van der Waals surface area contributed by atoms with Gasteiger partial charge in [0.2, 0.25) is 0 Å². The van der Waals surface area contributed by atoms with Crippen LogP contribution in [0.25, 0.3) is 6.08 Å². The number of carbonyl (C=O) groups is 1. The molecular formula is C16H17N3O3. The summed E-state index contributed by atoms with van der Waals surface area (Å²) in [6.45, 7) is 3.44. The van der Waals surface area contributed by atoms with E-state index >= 15 is 0 Å². The maximum Gasteiger partial charge on any atom is 0.270 e. The van der Waals surface area contributed by atoms with E-state index < -0.39 is 4.92 Å². The molecule has 0 unspecified atom stereocenters. The summed E-state index contributed by atoms with van der Waals surface area (Å²) in [5.74, 6) is 0.288. The second-order valence-corrected chi connectivity index (χ2v) is 5.50. The second kappa shape index (κ2) is 6.85. The fourth-order valence-electron chi connectivity index (χ4n) is 2.42. The number of hydrogen-bond donors (Lipinski definition) is 0. The summed E-state index contributed by atoms with van der Waals surface area (Å²) in [4.78, 5) is 24.3.